The number of likely N-dealkylation sites (N-methyl/N-ethyl adjacent to an activating group) is 1. The van der Waals surface area contributed by atoms with E-state index in [1.165, 1.54) is 48.4 Å². The lowest BCUT2D eigenvalue weighted by atomic mass is 9.62. The highest BCUT2D eigenvalue weighted by Crippen LogP contribution is 2.53. The molecule has 3 aliphatic carbocycles. The van der Waals surface area contributed by atoms with Crippen molar-refractivity contribution in [2.75, 3.05) is 46.4 Å². The van der Waals surface area contributed by atoms with Crippen molar-refractivity contribution >= 4 is 24.8 Å². The average molecular weight is 449 g/mol. The molecule has 4 aliphatic rings. The lowest BCUT2D eigenvalue weighted by Gasteiger charge is -2.45. The quantitative estimate of drug-likeness (QED) is 0.654. The van der Waals surface area contributed by atoms with Gasteiger partial charge in [0.05, 0.1) is 12.7 Å². The second-order valence-corrected chi connectivity index (χ2v) is 9.10. The first-order chi connectivity index (χ1) is 13.7. The van der Waals surface area contributed by atoms with E-state index in [0.717, 1.165) is 19.6 Å². The summed E-state index contributed by atoms with van der Waals surface area (Å²) in [4.78, 5) is 5.02. The van der Waals surface area contributed by atoms with E-state index in [2.05, 4.69) is 72.3 Å². The molecule has 3 nitrogen and oxygen atoms in total. The number of nitrogens with zero attached hydrogens (tertiary/aromatic N) is 2. The van der Waals surface area contributed by atoms with Gasteiger partial charge in [-0.2, -0.15) is 0 Å². The van der Waals surface area contributed by atoms with Crippen LogP contribution in [0.25, 0.3) is 0 Å². The summed E-state index contributed by atoms with van der Waals surface area (Å²) in [6.07, 6.45) is 1.43. The van der Waals surface area contributed by atoms with E-state index in [0.29, 0.717) is 23.9 Å². The molecule has 0 spiro atoms. The molecule has 0 amide bonds. The fourth-order valence-corrected chi connectivity index (χ4v) is 5.56. The van der Waals surface area contributed by atoms with E-state index >= 15 is 0 Å². The van der Waals surface area contributed by atoms with Crippen LogP contribution in [0.3, 0.4) is 0 Å². The van der Waals surface area contributed by atoms with Crippen LogP contribution in [-0.2, 0) is 4.74 Å². The van der Waals surface area contributed by atoms with Gasteiger partial charge in [-0.1, -0.05) is 55.5 Å². The Morgan fingerprint density at radius 1 is 0.867 bits per heavy atom. The van der Waals surface area contributed by atoms with Crippen molar-refractivity contribution in [2.45, 2.75) is 31.3 Å². The van der Waals surface area contributed by atoms with Crippen molar-refractivity contribution in [2.24, 2.45) is 5.92 Å². The summed E-state index contributed by atoms with van der Waals surface area (Å²) >= 11 is 0. The van der Waals surface area contributed by atoms with Gasteiger partial charge < -0.3 is 14.5 Å². The summed E-state index contributed by atoms with van der Waals surface area (Å²) in [5, 5.41) is 0. The Kier molecular flexibility index (Phi) is 7.86. The van der Waals surface area contributed by atoms with Crippen LogP contribution in [0.1, 0.15) is 47.4 Å². The fourth-order valence-electron chi connectivity index (χ4n) is 5.56. The molecule has 0 radical (unpaired) electrons. The second kappa shape index (κ2) is 10.0. The van der Waals surface area contributed by atoms with Crippen LogP contribution in [0.5, 0.6) is 0 Å². The minimum atomic E-state index is 0. The predicted octanol–water partition coefficient (Wildman–Crippen LogP) is 4.78. The van der Waals surface area contributed by atoms with E-state index in [1.54, 1.807) is 0 Å². The van der Waals surface area contributed by atoms with Gasteiger partial charge in [0.15, 0.2) is 0 Å². The van der Waals surface area contributed by atoms with Gasteiger partial charge in [-0.05, 0) is 41.6 Å². The Balaban J connectivity index is 0.00000128. The average Bonchev–Trinajstić information content (AvgIpc) is 2.74. The van der Waals surface area contributed by atoms with Crippen LogP contribution in [-0.4, -0.2) is 62.3 Å². The second-order valence-electron chi connectivity index (χ2n) is 9.10. The molecule has 1 heterocycles. The smallest absolute Gasteiger partial charge is 0.0693 e. The molecule has 2 unspecified atom stereocenters. The summed E-state index contributed by atoms with van der Waals surface area (Å²) < 4.78 is 6.62. The van der Waals surface area contributed by atoms with Gasteiger partial charge >= 0.3 is 0 Å². The van der Waals surface area contributed by atoms with Crippen molar-refractivity contribution in [3.63, 3.8) is 0 Å². The fraction of sp³-hybridized carbons (Fsp3) is 0.520. The molecule has 1 saturated heterocycles. The monoisotopic (exact) mass is 448 g/mol. The molecule has 6 rings (SSSR count). The van der Waals surface area contributed by atoms with Gasteiger partial charge in [-0.15, -0.1) is 24.8 Å². The predicted molar refractivity (Wildman–Crippen MR) is 129 cm³/mol. The molecule has 30 heavy (non-hydrogen) atoms. The van der Waals surface area contributed by atoms with Crippen LogP contribution < -0.4 is 0 Å². The minimum Gasteiger partial charge on any atom is -0.377 e. The van der Waals surface area contributed by atoms with Crippen molar-refractivity contribution in [3.05, 3.63) is 70.8 Å². The van der Waals surface area contributed by atoms with Gasteiger partial charge in [0.25, 0.3) is 0 Å². The Morgan fingerprint density at radius 2 is 1.40 bits per heavy atom. The summed E-state index contributed by atoms with van der Waals surface area (Å²) in [5.74, 6) is 1.47. The number of halogens is 2. The van der Waals surface area contributed by atoms with E-state index in [4.69, 9.17) is 4.74 Å². The van der Waals surface area contributed by atoms with Crippen LogP contribution in [0, 0.1) is 5.92 Å². The van der Waals surface area contributed by atoms with E-state index in [-0.39, 0.29) is 24.8 Å². The Bertz CT molecular complexity index is 790. The van der Waals surface area contributed by atoms with Crippen molar-refractivity contribution in [1.29, 1.82) is 0 Å². The topological polar surface area (TPSA) is 15.7 Å². The molecule has 1 fully saturated rings. The number of fused-ring (bicyclic) bond motifs is 1. The largest absolute Gasteiger partial charge is 0.377 e. The molecule has 0 N–H and O–H groups in total. The summed E-state index contributed by atoms with van der Waals surface area (Å²) in [6, 6.07) is 18.1. The lowest BCUT2D eigenvalue weighted by molar-refractivity contribution is -0.00211. The Labute approximate surface area is 193 Å². The zero-order valence-electron chi connectivity index (χ0n) is 18.0. The van der Waals surface area contributed by atoms with Crippen LogP contribution in [0.15, 0.2) is 48.5 Å². The molecular formula is C25H34Cl2N2O. The molecule has 5 heteroatoms. The van der Waals surface area contributed by atoms with Crippen molar-refractivity contribution in [1.82, 2.24) is 9.80 Å². The SMILES string of the molecule is CC(COC1CC2c3ccccc3C1c1ccccc12)CN1CCN(C)CC1.Cl.Cl. The first kappa shape index (κ1) is 23.6. The van der Waals surface area contributed by atoms with Crippen LogP contribution in [0.2, 0.25) is 0 Å². The molecule has 0 saturated carbocycles. The Morgan fingerprint density at radius 3 is 1.97 bits per heavy atom. The summed E-state index contributed by atoms with van der Waals surface area (Å²) in [7, 11) is 2.22. The van der Waals surface area contributed by atoms with Gasteiger partial charge in [0.2, 0.25) is 0 Å². The normalized spacial score (nSPS) is 26.1. The minimum absolute atomic E-state index is 0. The zero-order chi connectivity index (χ0) is 19.1. The van der Waals surface area contributed by atoms with E-state index < -0.39 is 0 Å². The lowest BCUT2D eigenvalue weighted by Crippen LogP contribution is -2.46. The van der Waals surface area contributed by atoms with Gasteiger partial charge in [0, 0.05) is 44.6 Å². The van der Waals surface area contributed by atoms with Crippen molar-refractivity contribution in [3.8, 4) is 0 Å². The molecule has 164 valence electrons. The first-order valence-electron chi connectivity index (χ1n) is 10.9. The molecule has 1 aliphatic heterocycles. The number of hydrogen-bond donors (Lipinski definition) is 0. The third-order valence-corrected chi connectivity index (χ3v) is 7.01. The van der Waals surface area contributed by atoms with E-state index in [1.807, 2.05) is 0 Å². The van der Waals surface area contributed by atoms with Gasteiger partial charge in [-0.3, -0.25) is 0 Å². The molecule has 2 atom stereocenters. The van der Waals surface area contributed by atoms with Gasteiger partial charge in [-0.25, -0.2) is 0 Å². The zero-order valence-corrected chi connectivity index (χ0v) is 19.6. The highest BCUT2D eigenvalue weighted by atomic mass is 35.5. The standard InChI is InChI=1S/C25H32N2O.2ClH/c1-18(16-27-13-11-26(2)12-14-27)17-28-24-15-23-19-7-3-5-9-21(19)25(24)22-10-6-4-8-20(22)23;;/h3-10,18,23-25H,11-17H2,1-2H3;2*1H. The molecule has 0 aromatic heterocycles. The first-order valence-corrected chi connectivity index (χ1v) is 10.9. The maximum absolute atomic E-state index is 6.62. The molecule has 2 bridgehead atoms. The maximum Gasteiger partial charge on any atom is 0.0693 e. The summed E-state index contributed by atoms with van der Waals surface area (Å²) in [6.45, 7) is 9.13. The number of benzene rings is 2. The Hall–Kier alpha value is -1.10. The van der Waals surface area contributed by atoms with Crippen LogP contribution >= 0.6 is 24.8 Å². The van der Waals surface area contributed by atoms with Crippen LogP contribution in [0.4, 0.5) is 0 Å². The number of piperazine rings is 1. The highest BCUT2D eigenvalue weighted by Gasteiger charge is 2.43. The van der Waals surface area contributed by atoms with Gasteiger partial charge in [0.1, 0.15) is 0 Å². The number of ether oxygens (including phenoxy) is 1. The molecule has 2 aromatic rings. The highest BCUT2D eigenvalue weighted by molar-refractivity contribution is 5.85. The van der Waals surface area contributed by atoms with E-state index in [9.17, 15) is 0 Å². The third-order valence-electron chi connectivity index (χ3n) is 7.01. The molecular weight excluding hydrogens is 415 g/mol. The maximum atomic E-state index is 6.62. The van der Waals surface area contributed by atoms with Crippen molar-refractivity contribution < 1.29 is 4.74 Å². The number of hydrogen-bond acceptors (Lipinski definition) is 3. The number of rotatable bonds is 5. The summed E-state index contributed by atoms with van der Waals surface area (Å²) in [5.41, 5.74) is 6.04. The molecule has 2 aromatic carbocycles. The third kappa shape index (κ3) is 4.42.